The van der Waals surface area contributed by atoms with Crippen LogP contribution in [0.15, 0.2) is 35.3 Å². The molecule has 0 aromatic rings. The standard InChI is InChI=1S/C9H15BO2/c1-5-6-9(10(11)12)8(4)7(2)3/h5-6,11-12H,2H2,1,3-4H3/b6-5-,9-8+. The van der Waals surface area contributed by atoms with Crippen molar-refractivity contribution in [1.82, 2.24) is 0 Å². The van der Waals surface area contributed by atoms with Gasteiger partial charge in [-0.2, -0.15) is 0 Å². The lowest BCUT2D eigenvalue weighted by atomic mass is 9.75. The third-order valence-corrected chi connectivity index (χ3v) is 1.70. The summed E-state index contributed by atoms with van der Waals surface area (Å²) < 4.78 is 0. The van der Waals surface area contributed by atoms with Gasteiger partial charge in [-0.15, -0.1) is 0 Å². The molecule has 0 atom stereocenters. The van der Waals surface area contributed by atoms with Crippen LogP contribution in [0.2, 0.25) is 0 Å². The van der Waals surface area contributed by atoms with E-state index in [0.29, 0.717) is 5.47 Å². The van der Waals surface area contributed by atoms with Crippen LogP contribution in [0.3, 0.4) is 0 Å². The molecule has 66 valence electrons. The van der Waals surface area contributed by atoms with Crippen LogP contribution in [0.25, 0.3) is 0 Å². The molecule has 0 saturated carbocycles. The number of hydrogen-bond donors (Lipinski definition) is 2. The first-order chi connectivity index (χ1) is 5.50. The molecule has 0 aliphatic rings. The molecule has 3 heteroatoms. The lowest BCUT2D eigenvalue weighted by molar-refractivity contribution is 0.420. The second-order valence-electron chi connectivity index (χ2n) is 2.73. The molecule has 0 aliphatic carbocycles. The molecule has 0 spiro atoms. The summed E-state index contributed by atoms with van der Waals surface area (Å²) in [5, 5.41) is 17.9. The number of allylic oxidation sites excluding steroid dienone is 5. The van der Waals surface area contributed by atoms with Gasteiger partial charge >= 0.3 is 7.12 Å². The monoisotopic (exact) mass is 166 g/mol. The van der Waals surface area contributed by atoms with E-state index >= 15 is 0 Å². The van der Waals surface area contributed by atoms with Crippen LogP contribution >= 0.6 is 0 Å². The SMILES string of the molecule is C=C(C)/C(C)=C(\C=C/C)B(O)O. The van der Waals surface area contributed by atoms with E-state index in [2.05, 4.69) is 6.58 Å². The fourth-order valence-corrected chi connectivity index (χ4v) is 0.831. The van der Waals surface area contributed by atoms with Gasteiger partial charge in [0.1, 0.15) is 0 Å². The Morgan fingerprint density at radius 2 is 1.83 bits per heavy atom. The quantitative estimate of drug-likeness (QED) is 0.492. The fourth-order valence-electron chi connectivity index (χ4n) is 0.831. The van der Waals surface area contributed by atoms with Gasteiger partial charge < -0.3 is 10.0 Å². The molecule has 12 heavy (non-hydrogen) atoms. The third-order valence-electron chi connectivity index (χ3n) is 1.70. The highest BCUT2D eigenvalue weighted by Gasteiger charge is 2.14. The zero-order valence-corrected chi connectivity index (χ0v) is 7.83. The molecule has 0 fully saturated rings. The van der Waals surface area contributed by atoms with E-state index in [0.717, 1.165) is 11.1 Å². The molecule has 0 aromatic carbocycles. The van der Waals surface area contributed by atoms with E-state index in [1.807, 2.05) is 20.8 Å². The molecule has 0 aromatic heterocycles. The summed E-state index contributed by atoms with van der Waals surface area (Å²) >= 11 is 0. The van der Waals surface area contributed by atoms with Crippen molar-refractivity contribution in [3.63, 3.8) is 0 Å². The minimum Gasteiger partial charge on any atom is -0.423 e. The van der Waals surface area contributed by atoms with Crippen molar-refractivity contribution in [3.05, 3.63) is 35.3 Å². The smallest absolute Gasteiger partial charge is 0.423 e. The number of rotatable bonds is 3. The van der Waals surface area contributed by atoms with E-state index < -0.39 is 7.12 Å². The molecule has 0 heterocycles. The maximum absolute atomic E-state index is 8.97. The van der Waals surface area contributed by atoms with Gasteiger partial charge in [0, 0.05) is 0 Å². The topological polar surface area (TPSA) is 40.5 Å². The minimum absolute atomic E-state index is 0.505. The average Bonchev–Trinajstić information content (AvgIpc) is 1.98. The molecule has 0 radical (unpaired) electrons. The molecule has 0 amide bonds. The first-order valence-electron chi connectivity index (χ1n) is 3.86. The summed E-state index contributed by atoms with van der Waals surface area (Å²) in [5.41, 5.74) is 2.17. The Hall–Kier alpha value is -0.795. The van der Waals surface area contributed by atoms with Crippen molar-refractivity contribution < 1.29 is 10.0 Å². The van der Waals surface area contributed by atoms with Gasteiger partial charge in [0.25, 0.3) is 0 Å². The van der Waals surface area contributed by atoms with Gasteiger partial charge in [-0.3, -0.25) is 0 Å². The van der Waals surface area contributed by atoms with Crippen molar-refractivity contribution in [1.29, 1.82) is 0 Å². The summed E-state index contributed by atoms with van der Waals surface area (Å²) in [7, 11) is -1.42. The van der Waals surface area contributed by atoms with E-state index in [1.54, 1.807) is 12.2 Å². The lowest BCUT2D eigenvalue weighted by Crippen LogP contribution is -2.15. The van der Waals surface area contributed by atoms with Crippen LogP contribution < -0.4 is 0 Å². The van der Waals surface area contributed by atoms with Crippen molar-refractivity contribution in [2.75, 3.05) is 0 Å². The first kappa shape index (κ1) is 11.2. The molecule has 0 saturated heterocycles. The summed E-state index contributed by atoms with van der Waals surface area (Å²) in [4.78, 5) is 0. The predicted octanol–water partition coefficient (Wildman–Crippen LogP) is 1.47. The van der Waals surface area contributed by atoms with E-state index in [9.17, 15) is 0 Å². The summed E-state index contributed by atoms with van der Waals surface area (Å²) in [6, 6.07) is 0. The second kappa shape index (κ2) is 4.96. The van der Waals surface area contributed by atoms with E-state index in [1.165, 1.54) is 0 Å². The van der Waals surface area contributed by atoms with Crippen molar-refractivity contribution in [2.24, 2.45) is 0 Å². The Kier molecular flexibility index (Phi) is 4.63. The highest BCUT2D eigenvalue weighted by Crippen LogP contribution is 2.14. The molecule has 0 bridgehead atoms. The van der Waals surface area contributed by atoms with Crippen LogP contribution in [0.1, 0.15) is 20.8 Å². The largest absolute Gasteiger partial charge is 0.488 e. The van der Waals surface area contributed by atoms with Gasteiger partial charge in [-0.25, -0.2) is 0 Å². The van der Waals surface area contributed by atoms with Crippen molar-refractivity contribution in [2.45, 2.75) is 20.8 Å². The fraction of sp³-hybridized carbons (Fsp3) is 0.333. The third kappa shape index (κ3) is 3.07. The van der Waals surface area contributed by atoms with Crippen molar-refractivity contribution >= 4 is 7.12 Å². The normalized spacial score (nSPS) is 13.1. The Morgan fingerprint density at radius 1 is 1.33 bits per heavy atom. The zero-order chi connectivity index (χ0) is 9.72. The van der Waals surface area contributed by atoms with E-state index in [-0.39, 0.29) is 0 Å². The van der Waals surface area contributed by atoms with Crippen molar-refractivity contribution in [3.8, 4) is 0 Å². The van der Waals surface area contributed by atoms with Gasteiger partial charge in [-0.1, -0.05) is 24.3 Å². The molecule has 0 rings (SSSR count). The second-order valence-corrected chi connectivity index (χ2v) is 2.73. The molecular weight excluding hydrogens is 151 g/mol. The Bertz CT molecular complexity index is 227. The van der Waals surface area contributed by atoms with Gasteiger partial charge in [0.2, 0.25) is 0 Å². The molecular formula is C9H15BO2. The molecule has 0 unspecified atom stereocenters. The van der Waals surface area contributed by atoms with Gasteiger partial charge in [0.05, 0.1) is 0 Å². The molecule has 2 N–H and O–H groups in total. The predicted molar refractivity (Wildman–Crippen MR) is 52.5 cm³/mol. The lowest BCUT2D eigenvalue weighted by Gasteiger charge is -2.06. The minimum atomic E-state index is -1.42. The Morgan fingerprint density at radius 3 is 2.08 bits per heavy atom. The van der Waals surface area contributed by atoms with Crippen LogP contribution in [-0.2, 0) is 0 Å². The maximum atomic E-state index is 8.97. The van der Waals surface area contributed by atoms with Crippen LogP contribution in [-0.4, -0.2) is 17.2 Å². The van der Waals surface area contributed by atoms with Crippen LogP contribution in [0.5, 0.6) is 0 Å². The Balaban J connectivity index is 4.93. The summed E-state index contributed by atoms with van der Waals surface area (Å²) in [6.07, 6.45) is 3.44. The summed E-state index contributed by atoms with van der Waals surface area (Å²) in [5.74, 6) is 0. The van der Waals surface area contributed by atoms with Gasteiger partial charge in [0.15, 0.2) is 0 Å². The van der Waals surface area contributed by atoms with Crippen LogP contribution in [0.4, 0.5) is 0 Å². The number of hydrogen-bond acceptors (Lipinski definition) is 2. The zero-order valence-electron chi connectivity index (χ0n) is 7.83. The average molecular weight is 166 g/mol. The van der Waals surface area contributed by atoms with Gasteiger partial charge in [-0.05, 0) is 31.8 Å². The van der Waals surface area contributed by atoms with E-state index in [4.69, 9.17) is 10.0 Å². The maximum Gasteiger partial charge on any atom is 0.488 e. The highest BCUT2D eigenvalue weighted by atomic mass is 16.4. The highest BCUT2D eigenvalue weighted by molar-refractivity contribution is 6.52. The Labute approximate surface area is 74.1 Å². The van der Waals surface area contributed by atoms with Crippen LogP contribution in [0, 0.1) is 0 Å². The molecule has 0 aliphatic heterocycles. The molecule has 2 nitrogen and oxygen atoms in total. The first-order valence-corrected chi connectivity index (χ1v) is 3.86. The summed E-state index contributed by atoms with van der Waals surface area (Å²) in [6.45, 7) is 9.21.